The van der Waals surface area contributed by atoms with Crippen molar-refractivity contribution in [3.05, 3.63) is 24.4 Å². The predicted molar refractivity (Wildman–Crippen MR) is 67.5 cm³/mol. The summed E-state index contributed by atoms with van der Waals surface area (Å²) >= 11 is 0. The Balaban J connectivity index is 1.99. The van der Waals surface area contributed by atoms with E-state index in [4.69, 9.17) is 0 Å². The lowest BCUT2D eigenvalue weighted by atomic mass is 10.1. The van der Waals surface area contributed by atoms with E-state index in [1.807, 2.05) is 30.9 Å². The fraction of sp³-hybridized carbons (Fsp3) is 0.538. The number of aromatic nitrogens is 1. The Labute approximate surface area is 107 Å². The SMILES string of the molecule is CC(C)C(=O)N1CCN(c2cccc[n+]2O)CC1. The van der Waals surface area contributed by atoms with E-state index in [-0.39, 0.29) is 11.8 Å². The summed E-state index contributed by atoms with van der Waals surface area (Å²) in [6.07, 6.45) is 1.61. The van der Waals surface area contributed by atoms with Crippen LogP contribution < -0.4 is 9.63 Å². The van der Waals surface area contributed by atoms with Gasteiger partial charge in [-0.05, 0) is 6.07 Å². The Hall–Kier alpha value is -1.78. The number of carbonyl (C=O) groups excluding carboxylic acids is 1. The Morgan fingerprint density at radius 1 is 1.28 bits per heavy atom. The van der Waals surface area contributed by atoms with E-state index in [1.54, 1.807) is 12.3 Å². The number of amides is 1. The van der Waals surface area contributed by atoms with Crippen LogP contribution in [0.2, 0.25) is 0 Å². The van der Waals surface area contributed by atoms with Crippen molar-refractivity contribution in [2.75, 3.05) is 31.1 Å². The zero-order chi connectivity index (χ0) is 13.1. The molecule has 0 unspecified atom stereocenters. The summed E-state index contributed by atoms with van der Waals surface area (Å²) in [6, 6.07) is 5.55. The highest BCUT2D eigenvalue weighted by atomic mass is 16.5. The zero-order valence-corrected chi connectivity index (χ0v) is 10.9. The average Bonchev–Trinajstić information content (AvgIpc) is 2.38. The molecule has 1 aliphatic rings. The number of hydrogen-bond donors (Lipinski definition) is 1. The van der Waals surface area contributed by atoms with Crippen molar-refractivity contribution < 1.29 is 14.7 Å². The molecule has 1 fully saturated rings. The standard InChI is InChI=1S/C13H20N3O2/c1-11(2)13(17)15-9-7-14(8-10-15)12-5-3-4-6-16(12)18/h3-6,11,18H,7-10H2,1-2H3/q+1. The third-order valence-electron chi connectivity index (χ3n) is 3.23. The van der Waals surface area contributed by atoms with E-state index in [0.29, 0.717) is 13.1 Å². The monoisotopic (exact) mass is 250 g/mol. The largest absolute Gasteiger partial charge is 0.350 e. The lowest BCUT2D eigenvalue weighted by Gasteiger charge is -2.32. The number of pyridine rings is 1. The van der Waals surface area contributed by atoms with Crippen LogP contribution in [0, 0.1) is 5.92 Å². The first kappa shape index (κ1) is 12.7. The van der Waals surface area contributed by atoms with Crippen LogP contribution in [0.25, 0.3) is 0 Å². The van der Waals surface area contributed by atoms with Crippen LogP contribution in [-0.4, -0.2) is 42.2 Å². The molecule has 1 saturated heterocycles. The second-order valence-electron chi connectivity index (χ2n) is 4.87. The first-order chi connectivity index (χ1) is 8.59. The fourth-order valence-corrected chi connectivity index (χ4v) is 2.20. The van der Waals surface area contributed by atoms with E-state index >= 15 is 0 Å². The smallest absolute Gasteiger partial charge is 0.316 e. The van der Waals surface area contributed by atoms with Crippen LogP contribution in [0.15, 0.2) is 24.4 Å². The number of carbonyl (C=O) groups is 1. The molecule has 1 aromatic heterocycles. The molecule has 0 aliphatic carbocycles. The van der Waals surface area contributed by atoms with Crippen molar-refractivity contribution in [1.29, 1.82) is 0 Å². The summed E-state index contributed by atoms with van der Waals surface area (Å²) in [6.45, 7) is 6.78. The molecule has 0 radical (unpaired) electrons. The first-order valence-corrected chi connectivity index (χ1v) is 6.33. The molecule has 0 atom stereocenters. The predicted octanol–water partition coefficient (Wildman–Crippen LogP) is 0.516. The number of rotatable bonds is 2. The van der Waals surface area contributed by atoms with Crippen LogP contribution in [0.1, 0.15) is 13.8 Å². The van der Waals surface area contributed by atoms with Crippen molar-refractivity contribution in [3.63, 3.8) is 0 Å². The van der Waals surface area contributed by atoms with Crippen LogP contribution >= 0.6 is 0 Å². The summed E-state index contributed by atoms with van der Waals surface area (Å²) in [5.41, 5.74) is 0. The van der Waals surface area contributed by atoms with E-state index in [0.717, 1.165) is 23.6 Å². The minimum atomic E-state index is 0.0519. The molecule has 0 bridgehead atoms. The summed E-state index contributed by atoms with van der Waals surface area (Å²) in [7, 11) is 0. The van der Waals surface area contributed by atoms with Crippen molar-refractivity contribution >= 4 is 11.7 Å². The van der Waals surface area contributed by atoms with Gasteiger partial charge < -0.3 is 10.1 Å². The first-order valence-electron chi connectivity index (χ1n) is 6.33. The third-order valence-corrected chi connectivity index (χ3v) is 3.23. The topological polar surface area (TPSA) is 47.7 Å². The van der Waals surface area contributed by atoms with Crippen molar-refractivity contribution in [2.24, 2.45) is 5.92 Å². The molecular formula is C13H20N3O2+. The van der Waals surface area contributed by atoms with Gasteiger partial charge in [0.05, 0.1) is 13.1 Å². The van der Waals surface area contributed by atoms with Crippen molar-refractivity contribution in [2.45, 2.75) is 13.8 Å². The normalized spacial score (nSPS) is 16.2. The van der Waals surface area contributed by atoms with Crippen LogP contribution in [0.3, 0.4) is 0 Å². The van der Waals surface area contributed by atoms with E-state index in [9.17, 15) is 10.0 Å². The summed E-state index contributed by atoms with van der Waals surface area (Å²) in [5.74, 6) is 1.03. The highest BCUT2D eigenvalue weighted by molar-refractivity contribution is 5.78. The molecular weight excluding hydrogens is 230 g/mol. The Morgan fingerprint density at radius 2 is 1.94 bits per heavy atom. The zero-order valence-electron chi connectivity index (χ0n) is 10.9. The van der Waals surface area contributed by atoms with Gasteiger partial charge in [-0.25, -0.2) is 0 Å². The van der Waals surface area contributed by atoms with Gasteiger partial charge in [-0.15, -0.1) is 0 Å². The number of nitrogens with zero attached hydrogens (tertiary/aromatic N) is 3. The molecule has 0 saturated carbocycles. The quantitative estimate of drug-likeness (QED) is 0.615. The minimum Gasteiger partial charge on any atom is -0.350 e. The van der Waals surface area contributed by atoms with Crippen LogP contribution in [-0.2, 0) is 4.79 Å². The highest BCUT2D eigenvalue weighted by Gasteiger charge is 2.28. The van der Waals surface area contributed by atoms with Gasteiger partial charge in [0.15, 0.2) is 0 Å². The van der Waals surface area contributed by atoms with Crippen LogP contribution in [0.4, 0.5) is 5.82 Å². The van der Waals surface area contributed by atoms with Gasteiger partial charge in [-0.2, -0.15) is 0 Å². The Morgan fingerprint density at radius 3 is 2.50 bits per heavy atom. The van der Waals surface area contributed by atoms with Crippen LogP contribution in [0.5, 0.6) is 0 Å². The summed E-state index contributed by atoms with van der Waals surface area (Å²) in [4.78, 5) is 15.8. The molecule has 1 aliphatic heterocycles. The molecule has 2 rings (SSSR count). The summed E-state index contributed by atoms with van der Waals surface area (Å²) < 4.78 is 1.12. The van der Waals surface area contributed by atoms with Gasteiger partial charge in [0, 0.05) is 12.0 Å². The molecule has 98 valence electrons. The Kier molecular flexibility index (Phi) is 3.69. The van der Waals surface area contributed by atoms with Gasteiger partial charge in [0.25, 0.3) is 0 Å². The number of piperazine rings is 1. The lowest BCUT2D eigenvalue weighted by Crippen LogP contribution is -2.52. The minimum absolute atomic E-state index is 0.0519. The molecule has 2 heterocycles. The van der Waals surface area contributed by atoms with E-state index in [1.165, 1.54) is 0 Å². The van der Waals surface area contributed by atoms with E-state index < -0.39 is 0 Å². The van der Waals surface area contributed by atoms with Gasteiger partial charge in [0.1, 0.15) is 19.3 Å². The third kappa shape index (κ3) is 2.55. The molecule has 0 aromatic carbocycles. The fourth-order valence-electron chi connectivity index (χ4n) is 2.20. The number of anilines is 1. The average molecular weight is 250 g/mol. The van der Waals surface area contributed by atoms with Gasteiger partial charge in [-0.3, -0.25) is 9.69 Å². The maximum atomic E-state index is 11.9. The molecule has 1 aromatic rings. The van der Waals surface area contributed by atoms with E-state index in [2.05, 4.69) is 4.90 Å². The molecule has 1 N–H and O–H groups in total. The second-order valence-corrected chi connectivity index (χ2v) is 4.87. The molecule has 0 spiro atoms. The highest BCUT2D eigenvalue weighted by Crippen LogP contribution is 2.12. The van der Waals surface area contributed by atoms with Crippen molar-refractivity contribution in [3.8, 4) is 0 Å². The van der Waals surface area contributed by atoms with Gasteiger partial charge in [-0.1, -0.05) is 24.6 Å². The Bertz CT molecular complexity index is 426. The number of hydrogen-bond acceptors (Lipinski definition) is 3. The molecule has 5 heteroatoms. The van der Waals surface area contributed by atoms with Crippen molar-refractivity contribution in [1.82, 2.24) is 4.90 Å². The molecule has 5 nitrogen and oxygen atoms in total. The maximum Gasteiger partial charge on any atom is 0.316 e. The maximum absolute atomic E-state index is 11.9. The second kappa shape index (κ2) is 5.25. The molecule has 1 amide bonds. The van der Waals surface area contributed by atoms with Gasteiger partial charge >= 0.3 is 5.82 Å². The summed E-state index contributed by atoms with van der Waals surface area (Å²) in [5, 5.41) is 9.72. The lowest BCUT2D eigenvalue weighted by molar-refractivity contribution is -0.894. The molecule has 18 heavy (non-hydrogen) atoms. The van der Waals surface area contributed by atoms with Gasteiger partial charge in [0.2, 0.25) is 5.91 Å².